The Labute approximate surface area is 132 Å². The molecule has 1 amide bonds. The highest BCUT2D eigenvalue weighted by Gasteiger charge is 2.38. The van der Waals surface area contributed by atoms with Gasteiger partial charge in [0, 0.05) is 19.3 Å². The molecule has 0 spiro atoms. The Morgan fingerprint density at radius 2 is 2.26 bits per heavy atom. The molecule has 8 heteroatoms. The van der Waals surface area contributed by atoms with Crippen LogP contribution in [0.25, 0.3) is 0 Å². The lowest BCUT2D eigenvalue weighted by Gasteiger charge is -2.34. The van der Waals surface area contributed by atoms with Crippen molar-refractivity contribution >= 4 is 11.6 Å². The summed E-state index contributed by atoms with van der Waals surface area (Å²) in [5.41, 5.74) is 1.37. The molecule has 23 heavy (non-hydrogen) atoms. The Morgan fingerprint density at radius 1 is 1.48 bits per heavy atom. The lowest BCUT2D eigenvalue weighted by molar-refractivity contribution is -0.165. The molecule has 1 heterocycles. The first-order valence-electron chi connectivity index (χ1n) is 7.16. The number of alkyl halides is 3. The zero-order valence-corrected chi connectivity index (χ0v) is 12.7. The van der Waals surface area contributed by atoms with Crippen molar-refractivity contribution in [2.24, 2.45) is 0 Å². The molecule has 0 unspecified atom stereocenters. The van der Waals surface area contributed by atoms with Crippen molar-refractivity contribution in [3.05, 3.63) is 29.8 Å². The van der Waals surface area contributed by atoms with E-state index < -0.39 is 24.7 Å². The maximum absolute atomic E-state index is 12.6. The van der Waals surface area contributed by atoms with E-state index in [2.05, 4.69) is 5.32 Å². The Hall–Kier alpha value is -1.64. The van der Waals surface area contributed by atoms with Gasteiger partial charge in [-0.1, -0.05) is 12.1 Å². The van der Waals surface area contributed by atoms with Gasteiger partial charge in [-0.2, -0.15) is 13.2 Å². The molecule has 2 rings (SSSR count). The summed E-state index contributed by atoms with van der Waals surface area (Å²) in [7, 11) is 1.56. The molecular formula is C15H19F3N2O3. The SMILES string of the molecule is COCc1cccc(NC(=O)[C@H]2COCCN2CC(F)(F)F)c1. The Kier molecular flexibility index (Phi) is 5.97. The fourth-order valence-electron chi connectivity index (χ4n) is 2.43. The van der Waals surface area contributed by atoms with E-state index in [9.17, 15) is 18.0 Å². The minimum absolute atomic E-state index is 0.0559. The molecule has 1 aromatic carbocycles. The van der Waals surface area contributed by atoms with Crippen LogP contribution in [0, 0.1) is 0 Å². The highest BCUT2D eigenvalue weighted by atomic mass is 19.4. The quantitative estimate of drug-likeness (QED) is 0.896. The second-order valence-electron chi connectivity index (χ2n) is 5.30. The number of methoxy groups -OCH3 is 1. The number of carbonyl (C=O) groups is 1. The molecule has 0 radical (unpaired) electrons. The topological polar surface area (TPSA) is 50.8 Å². The largest absolute Gasteiger partial charge is 0.401 e. The van der Waals surface area contributed by atoms with Crippen molar-refractivity contribution in [3.8, 4) is 0 Å². The van der Waals surface area contributed by atoms with E-state index in [-0.39, 0.29) is 19.8 Å². The molecule has 1 aliphatic heterocycles. The van der Waals surface area contributed by atoms with Crippen LogP contribution in [0.2, 0.25) is 0 Å². The second-order valence-corrected chi connectivity index (χ2v) is 5.30. The molecule has 0 aromatic heterocycles. The van der Waals surface area contributed by atoms with Crippen LogP contribution in [0.15, 0.2) is 24.3 Å². The molecule has 128 valence electrons. The second kappa shape index (κ2) is 7.76. The van der Waals surface area contributed by atoms with E-state index in [0.717, 1.165) is 10.5 Å². The third-order valence-electron chi connectivity index (χ3n) is 3.43. The fourth-order valence-corrected chi connectivity index (χ4v) is 2.43. The maximum Gasteiger partial charge on any atom is 0.401 e. The molecule has 1 aliphatic rings. The molecule has 5 nitrogen and oxygen atoms in total. The summed E-state index contributed by atoms with van der Waals surface area (Å²) < 4.78 is 48.0. The molecule has 1 fully saturated rings. The van der Waals surface area contributed by atoms with Gasteiger partial charge in [0.15, 0.2) is 0 Å². The fraction of sp³-hybridized carbons (Fsp3) is 0.533. The van der Waals surface area contributed by atoms with E-state index in [4.69, 9.17) is 9.47 Å². The summed E-state index contributed by atoms with van der Waals surface area (Å²) in [5.74, 6) is -0.511. The van der Waals surface area contributed by atoms with Gasteiger partial charge in [0.25, 0.3) is 0 Å². The standard InChI is InChI=1S/C15H19F3N2O3/c1-22-8-11-3-2-4-12(7-11)19-14(21)13-9-23-6-5-20(13)10-15(16,17)18/h2-4,7,13H,5-6,8-10H2,1H3,(H,19,21)/t13-/m1/s1. The highest BCUT2D eigenvalue weighted by molar-refractivity contribution is 5.95. The molecule has 1 N–H and O–H groups in total. The number of hydrogen-bond donors (Lipinski definition) is 1. The van der Waals surface area contributed by atoms with Crippen LogP contribution in [-0.4, -0.2) is 56.4 Å². The number of morpholine rings is 1. The summed E-state index contributed by atoms with van der Waals surface area (Å²) in [4.78, 5) is 13.4. The molecule has 1 saturated heterocycles. The number of hydrogen-bond acceptors (Lipinski definition) is 4. The van der Waals surface area contributed by atoms with Crippen LogP contribution < -0.4 is 5.32 Å². The van der Waals surface area contributed by atoms with Crippen LogP contribution in [0.4, 0.5) is 18.9 Å². The summed E-state index contributed by atoms with van der Waals surface area (Å²) >= 11 is 0. The number of benzene rings is 1. The zero-order valence-electron chi connectivity index (χ0n) is 12.7. The van der Waals surface area contributed by atoms with E-state index in [1.165, 1.54) is 0 Å². The van der Waals surface area contributed by atoms with E-state index in [1.54, 1.807) is 25.3 Å². The Bertz CT molecular complexity index is 537. The lowest BCUT2D eigenvalue weighted by atomic mass is 10.1. The smallest absolute Gasteiger partial charge is 0.380 e. The Balaban J connectivity index is 2.04. The predicted molar refractivity (Wildman–Crippen MR) is 78.0 cm³/mol. The van der Waals surface area contributed by atoms with Crippen LogP contribution in [0.5, 0.6) is 0 Å². The van der Waals surface area contributed by atoms with Gasteiger partial charge < -0.3 is 14.8 Å². The van der Waals surface area contributed by atoms with Crippen LogP contribution in [0.1, 0.15) is 5.56 Å². The number of amides is 1. The summed E-state index contributed by atoms with van der Waals surface area (Å²) in [6, 6.07) is 6.01. The van der Waals surface area contributed by atoms with Gasteiger partial charge >= 0.3 is 6.18 Å². The number of halogens is 3. The first-order valence-corrected chi connectivity index (χ1v) is 7.16. The predicted octanol–water partition coefficient (Wildman–Crippen LogP) is 2.03. The average molecular weight is 332 g/mol. The van der Waals surface area contributed by atoms with Crippen LogP contribution in [-0.2, 0) is 20.9 Å². The third kappa shape index (κ3) is 5.49. The van der Waals surface area contributed by atoms with Gasteiger partial charge in [-0.15, -0.1) is 0 Å². The maximum atomic E-state index is 12.6. The molecule has 0 saturated carbocycles. The first-order chi connectivity index (χ1) is 10.9. The molecule has 0 aliphatic carbocycles. The van der Waals surface area contributed by atoms with Gasteiger partial charge in [-0.3, -0.25) is 9.69 Å². The van der Waals surface area contributed by atoms with Crippen molar-refractivity contribution in [3.63, 3.8) is 0 Å². The minimum atomic E-state index is -4.35. The van der Waals surface area contributed by atoms with Crippen LogP contribution in [0.3, 0.4) is 0 Å². The van der Waals surface area contributed by atoms with Gasteiger partial charge in [0.1, 0.15) is 6.04 Å². The van der Waals surface area contributed by atoms with Crippen molar-refractivity contribution in [1.82, 2.24) is 4.90 Å². The van der Waals surface area contributed by atoms with Gasteiger partial charge in [0.05, 0.1) is 26.4 Å². The average Bonchev–Trinajstić information content (AvgIpc) is 2.47. The van der Waals surface area contributed by atoms with E-state index >= 15 is 0 Å². The lowest BCUT2D eigenvalue weighted by Crippen LogP contribution is -2.54. The number of nitrogens with zero attached hydrogens (tertiary/aromatic N) is 1. The first kappa shape index (κ1) is 17.7. The number of nitrogens with one attached hydrogen (secondary N) is 1. The van der Waals surface area contributed by atoms with Gasteiger partial charge in [-0.05, 0) is 17.7 Å². The third-order valence-corrected chi connectivity index (χ3v) is 3.43. The van der Waals surface area contributed by atoms with Crippen molar-refractivity contribution in [2.75, 3.05) is 38.7 Å². The van der Waals surface area contributed by atoms with Crippen molar-refractivity contribution < 1.29 is 27.4 Å². The summed E-state index contributed by atoms with van der Waals surface area (Å²) in [6.07, 6.45) is -4.35. The normalized spacial score (nSPS) is 19.6. The minimum Gasteiger partial charge on any atom is -0.380 e. The van der Waals surface area contributed by atoms with Gasteiger partial charge in [0.2, 0.25) is 5.91 Å². The molecule has 0 bridgehead atoms. The zero-order chi connectivity index (χ0) is 16.9. The molecule has 1 atom stereocenters. The Morgan fingerprint density at radius 3 is 2.96 bits per heavy atom. The van der Waals surface area contributed by atoms with Gasteiger partial charge in [-0.25, -0.2) is 0 Å². The van der Waals surface area contributed by atoms with Crippen molar-refractivity contribution in [2.45, 2.75) is 18.8 Å². The van der Waals surface area contributed by atoms with E-state index in [1.807, 2.05) is 6.07 Å². The monoisotopic (exact) mass is 332 g/mol. The summed E-state index contributed by atoms with van der Waals surface area (Å²) in [6.45, 7) is -0.543. The molecule has 1 aromatic rings. The number of anilines is 1. The highest BCUT2D eigenvalue weighted by Crippen LogP contribution is 2.20. The van der Waals surface area contributed by atoms with Crippen molar-refractivity contribution in [1.29, 1.82) is 0 Å². The number of rotatable bonds is 5. The van der Waals surface area contributed by atoms with Crippen LogP contribution >= 0.6 is 0 Å². The summed E-state index contributed by atoms with van der Waals surface area (Å²) in [5, 5.41) is 2.64. The molecular weight excluding hydrogens is 313 g/mol. The number of ether oxygens (including phenoxy) is 2. The van der Waals surface area contributed by atoms with E-state index in [0.29, 0.717) is 12.3 Å². The number of carbonyl (C=O) groups excluding carboxylic acids is 1.